The molecule has 0 saturated carbocycles. The largest absolute Gasteiger partial charge is 0.254 e. The van der Waals surface area contributed by atoms with Crippen molar-refractivity contribution in [2.24, 2.45) is 0 Å². The van der Waals surface area contributed by atoms with E-state index in [2.05, 4.69) is 9.97 Å². The number of sulfone groups is 3. The Kier molecular flexibility index (Phi) is 4.09. The number of fused-ring (bicyclic) bond motifs is 3. The maximum atomic E-state index is 12.1. The fourth-order valence-electron chi connectivity index (χ4n) is 2.64. The van der Waals surface area contributed by atoms with Gasteiger partial charge in [-0.15, -0.1) is 0 Å². The van der Waals surface area contributed by atoms with Crippen molar-refractivity contribution in [3.63, 3.8) is 0 Å². The Hall–Kier alpha value is -2.11. The van der Waals surface area contributed by atoms with Crippen molar-refractivity contribution in [3.8, 4) is 0 Å². The third-order valence-corrected chi connectivity index (χ3v) is 7.03. The van der Waals surface area contributed by atoms with Crippen LogP contribution in [0.15, 0.2) is 45.3 Å². The molecule has 2 heterocycles. The van der Waals surface area contributed by atoms with Gasteiger partial charge in [-0.25, -0.2) is 30.2 Å². The lowest BCUT2D eigenvalue weighted by atomic mass is 10.1. The Balaban J connectivity index is 2.64. The summed E-state index contributed by atoms with van der Waals surface area (Å²) in [7, 11) is -11.2. The minimum atomic E-state index is -3.81. The lowest BCUT2D eigenvalue weighted by Gasteiger charge is -2.11. The predicted octanol–water partition coefficient (Wildman–Crippen LogP) is 0.994. The number of rotatable bonds is 3. The number of hydrogen-bond donors (Lipinski definition) is 0. The Morgan fingerprint density at radius 2 is 1.23 bits per heavy atom. The van der Waals surface area contributed by atoms with E-state index in [0.717, 1.165) is 24.8 Å². The molecule has 0 bridgehead atoms. The van der Waals surface area contributed by atoms with Crippen molar-refractivity contribution in [1.29, 1.82) is 0 Å². The van der Waals surface area contributed by atoms with Crippen LogP contribution < -0.4 is 0 Å². The molecule has 3 aromatic rings. The molecule has 0 radical (unpaired) electrons. The summed E-state index contributed by atoms with van der Waals surface area (Å²) in [5, 5.41) is -0.0184. The standard InChI is InChI=1S/C15H14N2O6S3/c1-24(18,19)11-6-7-16-14-9(11)4-5-10-12(25(2,20)21)8-13(17-15(10)14)26(3,22)23/h4-8H,1-3H3. The van der Waals surface area contributed by atoms with Gasteiger partial charge in [0, 0.05) is 35.7 Å². The van der Waals surface area contributed by atoms with Crippen molar-refractivity contribution in [2.45, 2.75) is 14.8 Å². The molecule has 2 aromatic heterocycles. The Morgan fingerprint density at radius 3 is 1.73 bits per heavy atom. The molecule has 138 valence electrons. The zero-order valence-electron chi connectivity index (χ0n) is 14.0. The fraction of sp³-hybridized carbons (Fsp3) is 0.200. The molecule has 0 amide bonds. The molecular weight excluding hydrogens is 400 g/mol. The van der Waals surface area contributed by atoms with E-state index in [1.165, 1.54) is 24.4 Å². The first-order valence-electron chi connectivity index (χ1n) is 7.13. The van der Waals surface area contributed by atoms with Gasteiger partial charge in [0.25, 0.3) is 0 Å². The molecule has 0 aliphatic carbocycles. The quantitative estimate of drug-likeness (QED) is 0.581. The van der Waals surface area contributed by atoms with E-state index in [9.17, 15) is 25.3 Å². The zero-order chi connectivity index (χ0) is 19.5. The zero-order valence-corrected chi connectivity index (χ0v) is 16.4. The maximum Gasteiger partial charge on any atom is 0.192 e. The second-order valence-corrected chi connectivity index (χ2v) is 11.9. The average Bonchev–Trinajstić information content (AvgIpc) is 2.50. The first-order valence-corrected chi connectivity index (χ1v) is 12.8. The van der Waals surface area contributed by atoms with Crippen molar-refractivity contribution in [3.05, 3.63) is 30.5 Å². The van der Waals surface area contributed by atoms with Crippen LogP contribution in [0.2, 0.25) is 0 Å². The van der Waals surface area contributed by atoms with Crippen LogP contribution in [0.5, 0.6) is 0 Å². The summed E-state index contributed by atoms with van der Waals surface area (Å²) in [6.45, 7) is 0. The van der Waals surface area contributed by atoms with E-state index in [1.807, 2.05) is 0 Å². The minimum Gasteiger partial charge on any atom is -0.254 e. The summed E-state index contributed by atoms with van der Waals surface area (Å²) in [6.07, 6.45) is 4.16. The number of nitrogens with zero attached hydrogens (tertiary/aromatic N) is 2. The topological polar surface area (TPSA) is 128 Å². The molecule has 11 heteroatoms. The molecule has 0 atom stereocenters. The van der Waals surface area contributed by atoms with Crippen LogP contribution in [0.25, 0.3) is 21.8 Å². The van der Waals surface area contributed by atoms with Gasteiger partial charge in [-0.05, 0) is 12.1 Å². The van der Waals surface area contributed by atoms with Gasteiger partial charge in [-0.1, -0.05) is 12.1 Å². The summed E-state index contributed by atoms with van der Waals surface area (Å²) in [5.74, 6) is 0. The predicted molar refractivity (Wildman–Crippen MR) is 96.4 cm³/mol. The van der Waals surface area contributed by atoms with Crippen molar-refractivity contribution >= 4 is 51.3 Å². The highest BCUT2D eigenvalue weighted by Crippen LogP contribution is 2.32. The second kappa shape index (κ2) is 5.69. The Bertz CT molecular complexity index is 1390. The maximum absolute atomic E-state index is 12.1. The van der Waals surface area contributed by atoms with Gasteiger partial charge < -0.3 is 0 Å². The van der Waals surface area contributed by atoms with Crippen LogP contribution in [0.1, 0.15) is 0 Å². The third kappa shape index (κ3) is 3.17. The highest BCUT2D eigenvalue weighted by Gasteiger charge is 2.22. The molecule has 8 nitrogen and oxygen atoms in total. The molecule has 0 aliphatic heterocycles. The van der Waals surface area contributed by atoms with Gasteiger partial charge in [0.15, 0.2) is 34.5 Å². The molecule has 0 N–H and O–H groups in total. The monoisotopic (exact) mass is 414 g/mol. The van der Waals surface area contributed by atoms with Crippen LogP contribution in [-0.2, 0) is 29.5 Å². The summed E-state index contributed by atoms with van der Waals surface area (Å²) >= 11 is 0. The van der Waals surface area contributed by atoms with E-state index in [1.54, 1.807) is 0 Å². The van der Waals surface area contributed by atoms with Crippen molar-refractivity contribution in [1.82, 2.24) is 9.97 Å². The Labute approximate surface area is 150 Å². The SMILES string of the molecule is CS(=O)(=O)c1cc(S(C)(=O)=O)c2ccc3c(S(C)(=O)=O)ccnc3c2n1. The van der Waals surface area contributed by atoms with Gasteiger partial charge in [-0.3, -0.25) is 4.98 Å². The van der Waals surface area contributed by atoms with Crippen LogP contribution in [0.3, 0.4) is 0 Å². The fourth-order valence-corrected chi connectivity index (χ4v) is 5.07. The lowest BCUT2D eigenvalue weighted by molar-refractivity contribution is 0.596. The van der Waals surface area contributed by atoms with E-state index in [4.69, 9.17) is 0 Å². The molecule has 26 heavy (non-hydrogen) atoms. The molecule has 1 aromatic carbocycles. The van der Waals surface area contributed by atoms with Gasteiger partial charge >= 0.3 is 0 Å². The summed E-state index contributed by atoms with van der Waals surface area (Å²) in [6, 6.07) is 5.17. The third-order valence-electron chi connectivity index (χ3n) is 3.77. The van der Waals surface area contributed by atoms with Gasteiger partial charge in [-0.2, -0.15) is 0 Å². The second-order valence-electron chi connectivity index (χ2n) is 5.94. The van der Waals surface area contributed by atoms with E-state index in [-0.39, 0.29) is 31.6 Å². The normalized spacial score (nSPS) is 13.3. The minimum absolute atomic E-state index is 0.00290. The van der Waals surface area contributed by atoms with Crippen LogP contribution >= 0.6 is 0 Å². The molecular formula is C15H14N2O6S3. The smallest absolute Gasteiger partial charge is 0.192 e. The summed E-state index contributed by atoms with van der Waals surface area (Å²) < 4.78 is 72.2. The first kappa shape index (κ1) is 18.7. The van der Waals surface area contributed by atoms with Crippen molar-refractivity contribution < 1.29 is 25.3 Å². The highest BCUT2D eigenvalue weighted by molar-refractivity contribution is 7.91. The van der Waals surface area contributed by atoms with E-state index in [0.29, 0.717) is 0 Å². The number of benzene rings is 1. The molecule has 3 rings (SSSR count). The van der Waals surface area contributed by atoms with Crippen LogP contribution in [0, 0.1) is 0 Å². The molecule has 0 spiro atoms. The highest BCUT2D eigenvalue weighted by atomic mass is 32.2. The van der Waals surface area contributed by atoms with Gasteiger partial charge in [0.2, 0.25) is 0 Å². The Morgan fingerprint density at radius 1 is 0.692 bits per heavy atom. The molecule has 0 aliphatic rings. The van der Waals surface area contributed by atoms with E-state index >= 15 is 0 Å². The molecule has 0 saturated heterocycles. The average molecular weight is 414 g/mol. The first-order chi connectivity index (χ1) is 11.8. The van der Waals surface area contributed by atoms with Gasteiger partial charge in [0.05, 0.1) is 20.8 Å². The molecule has 0 unspecified atom stereocenters. The number of aromatic nitrogens is 2. The summed E-state index contributed by atoms with van der Waals surface area (Å²) in [4.78, 5) is 7.96. The molecule has 0 fully saturated rings. The lowest BCUT2D eigenvalue weighted by Crippen LogP contribution is -2.07. The summed E-state index contributed by atoms with van der Waals surface area (Å²) in [5.41, 5.74) is 0.122. The van der Waals surface area contributed by atoms with E-state index < -0.39 is 34.5 Å². The number of hydrogen-bond acceptors (Lipinski definition) is 8. The van der Waals surface area contributed by atoms with Crippen molar-refractivity contribution in [2.75, 3.05) is 18.8 Å². The van der Waals surface area contributed by atoms with Gasteiger partial charge in [0.1, 0.15) is 0 Å². The van der Waals surface area contributed by atoms with Crippen LogP contribution in [-0.4, -0.2) is 54.0 Å². The van der Waals surface area contributed by atoms with Crippen LogP contribution in [0.4, 0.5) is 0 Å². The number of pyridine rings is 2.